The molecule has 1 aromatic heterocycles. The maximum absolute atomic E-state index is 11.6. The van der Waals surface area contributed by atoms with Gasteiger partial charge in [0.15, 0.2) is 6.61 Å². The van der Waals surface area contributed by atoms with E-state index in [4.69, 9.17) is 9.47 Å². The number of carbonyl (C=O) groups excluding carboxylic acids is 2. The van der Waals surface area contributed by atoms with Crippen LogP contribution in [0.5, 0.6) is 0 Å². The van der Waals surface area contributed by atoms with E-state index in [1.54, 1.807) is 31.5 Å². The minimum atomic E-state index is -0.542. The van der Waals surface area contributed by atoms with E-state index >= 15 is 0 Å². The molecule has 0 unspecified atom stereocenters. The summed E-state index contributed by atoms with van der Waals surface area (Å²) in [5.74, 6) is -1.07. The Balaban J connectivity index is 2.51. The highest BCUT2D eigenvalue weighted by Crippen LogP contribution is 2.07. The average molecular weight is 239 g/mol. The van der Waals surface area contributed by atoms with E-state index in [9.17, 15) is 9.59 Å². The third kappa shape index (κ3) is 3.62. The molecule has 0 radical (unpaired) electrons. The Kier molecular flexibility index (Phi) is 4.31. The molecule has 0 atom stereocenters. The van der Waals surface area contributed by atoms with Crippen molar-refractivity contribution in [1.29, 1.82) is 0 Å². The number of nitrogens with zero attached hydrogens (tertiary/aromatic N) is 1. The number of esters is 2. The van der Waals surface area contributed by atoms with Gasteiger partial charge in [-0.3, -0.25) is 0 Å². The molecular formula is C12H17NO4. The van der Waals surface area contributed by atoms with Crippen LogP contribution >= 0.6 is 0 Å². The van der Waals surface area contributed by atoms with E-state index in [-0.39, 0.29) is 12.7 Å². The molecule has 0 amide bonds. The summed E-state index contributed by atoms with van der Waals surface area (Å²) >= 11 is 0. The monoisotopic (exact) mass is 239 g/mol. The van der Waals surface area contributed by atoms with Gasteiger partial charge >= 0.3 is 11.9 Å². The summed E-state index contributed by atoms with van der Waals surface area (Å²) in [7, 11) is 1.76. The van der Waals surface area contributed by atoms with Gasteiger partial charge in [-0.15, -0.1) is 0 Å². The Labute approximate surface area is 100 Å². The quantitative estimate of drug-likeness (QED) is 0.746. The molecule has 5 heteroatoms. The summed E-state index contributed by atoms with van der Waals surface area (Å²) in [5.41, 5.74) is 1.36. The first-order valence-electron chi connectivity index (χ1n) is 5.40. The van der Waals surface area contributed by atoms with Crippen molar-refractivity contribution in [2.45, 2.75) is 26.9 Å². The van der Waals surface area contributed by atoms with E-state index < -0.39 is 11.9 Å². The van der Waals surface area contributed by atoms with E-state index in [0.717, 1.165) is 5.69 Å². The Morgan fingerprint density at radius 1 is 1.35 bits per heavy atom. The lowest BCUT2D eigenvalue weighted by atomic mass is 10.4. The van der Waals surface area contributed by atoms with E-state index in [1.807, 2.05) is 13.0 Å². The van der Waals surface area contributed by atoms with Gasteiger partial charge in [-0.25, -0.2) is 9.59 Å². The first-order chi connectivity index (χ1) is 7.91. The van der Waals surface area contributed by atoms with Crippen molar-refractivity contribution >= 4 is 11.9 Å². The Bertz CT molecular complexity index is 420. The lowest BCUT2D eigenvalue weighted by Crippen LogP contribution is -2.20. The zero-order valence-corrected chi connectivity index (χ0v) is 10.5. The summed E-state index contributed by atoms with van der Waals surface area (Å²) in [6.45, 7) is 4.99. The van der Waals surface area contributed by atoms with Crippen LogP contribution in [0.15, 0.2) is 12.1 Å². The zero-order chi connectivity index (χ0) is 13.0. The van der Waals surface area contributed by atoms with Gasteiger partial charge < -0.3 is 14.0 Å². The first kappa shape index (κ1) is 13.3. The predicted molar refractivity (Wildman–Crippen MR) is 61.7 cm³/mol. The number of hydrogen-bond acceptors (Lipinski definition) is 4. The normalized spacial score (nSPS) is 10.4. The molecule has 5 nitrogen and oxygen atoms in total. The van der Waals surface area contributed by atoms with Gasteiger partial charge in [0.2, 0.25) is 0 Å². The lowest BCUT2D eigenvalue weighted by molar-refractivity contribution is -0.151. The lowest BCUT2D eigenvalue weighted by Gasteiger charge is -2.09. The molecule has 0 N–H and O–H groups in total. The Morgan fingerprint density at radius 2 is 2.00 bits per heavy atom. The molecule has 1 aromatic rings. The maximum atomic E-state index is 11.6. The van der Waals surface area contributed by atoms with Gasteiger partial charge in [0, 0.05) is 12.7 Å². The summed E-state index contributed by atoms with van der Waals surface area (Å²) < 4.78 is 11.4. The zero-order valence-electron chi connectivity index (χ0n) is 10.5. The maximum Gasteiger partial charge on any atom is 0.355 e. The van der Waals surface area contributed by atoms with E-state index in [2.05, 4.69) is 0 Å². The van der Waals surface area contributed by atoms with Crippen molar-refractivity contribution in [3.05, 3.63) is 23.5 Å². The third-order valence-corrected chi connectivity index (χ3v) is 2.27. The fourth-order valence-electron chi connectivity index (χ4n) is 1.31. The van der Waals surface area contributed by atoms with Gasteiger partial charge in [0.1, 0.15) is 5.69 Å². The van der Waals surface area contributed by atoms with Crippen molar-refractivity contribution in [2.24, 2.45) is 7.05 Å². The molecule has 0 aliphatic heterocycles. The number of carbonyl (C=O) groups is 2. The molecule has 17 heavy (non-hydrogen) atoms. The van der Waals surface area contributed by atoms with Crippen molar-refractivity contribution in [3.8, 4) is 0 Å². The molecule has 0 aromatic carbocycles. The van der Waals surface area contributed by atoms with Crippen LogP contribution < -0.4 is 0 Å². The van der Waals surface area contributed by atoms with Crippen LogP contribution in [0, 0.1) is 6.92 Å². The first-order valence-corrected chi connectivity index (χ1v) is 5.40. The van der Waals surface area contributed by atoms with Crippen molar-refractivity contribution in [1.82, 2.24) is 4.57 Å². The van der Waals surface area contributed by atoms with Crippen molar-refractivity contribution in [3.63, 3.8) is 0 Å². The molecule has 0 saturated heterocycles. The topological polar surface area (TPSA) is 57.5 Å². The van der Waals surface area contributed by atoms with Gasteiger partial charge in [-0.1, -0.05) is 0 Å². The summed E-state index contributed by atoms with van der Waals surface area (Å²) in [6.07, 6.45) is -0.210. The molecular weight excluding hydrogens is 222 g/mol. The highest BCUT2D eigenvalue weighted by molar-refractivity contribution is 5.89. The fraction of sp³-hybridized carbons (Fsp3) is 0.500. The van der Waals surface area contributed by atoms with Gasteiger partial charge in [0.05, 0.1) is 6.10 Å². The smallest absolute Gasteiger partial charge is 0.355 e. The highest BCUT2D eigenvalue weighted by atomic mass is 16.6. The van der Waals surface area contributed by atoms with Crippen LogP contribution in [0.2, 0.25) is 0 Å². The molecule has 0 fully saturated rings. The average Bonchev–Trinajstić information content (AvgIpc) is 2.55. The number of aryl methyl sites for hydroxylation is 1. The number of ether oxygens (including phenoxy) is 2. The third-order valence-electron chi connectivity index (χ3n) is 2.27. The molecule has 0 bridgehead atoms. The number of aromatic nitrogens is 1. The van der Waals surface area contributed by atoms with E-state index in [0.29, 0.717) is 5.69 Å². The molecule has 0 saturated carbocycles. The summed E-state index contributed by atoms with van der Waals surface area (Å²) in [6, 6.07) is 3.47. The second kappa shape index (κ2) is 5.52. The van der Waals surface area contributed by atoms with Crippen molar-refractivity contribution < 1.29 is 19.1 Å². The molecule has 0 spiro atoms. The number of hydrogen-bond donors (Lipinski definition) is 0. The SMILES string of the molecule is Cc1ccc(C(=O)OCC(=O)OC(C)C)n1C. The second-order valence-electron chi connectivity index (χ2n) is 4.03. The molecule has 1 rings (SSSR count). The van der Waals surface area contributed by atoms with Crippen LogP contribution in [-0.4, -0.2) is 29.2 Å². The fourth-order valence-corrected chi connectivity index (χ4v) is 1.31. The molecule has 0 aliphatic rings. The minimum Gasteiger partial charge on any atom is -0.460 e. The van der Waals surface area contributed by atoms with Gasteiger partial charge in [0.25, 0.3) is 0 Å². The predicted octanol–water partition coefficient (Wildman–Crippen LogP) is 1.44. The van der Waals surface area contributed by atoms with Gasteiger partial charge in [-0.2, -0.15) is 0 Å². The van der Waals surface area contributed by atoms with Gasteiger partial charge in [-0.05, 0) is 32.9 Å². The van der Waals surface area contributed by atoms with Crippen LogP contribution in [0.4, 0.5) is 0 Å². The van der Waals surface area contributed by atoms with Crippen LogP contribution in [0.25, 0.3) is 0 Å². The van der Waals surface area contributed by atoms with Crippen molar-refractivity contribution in [2.75, 3.05) is 6.61 Å². The standard InChI is InChI=1S/C12H17NO4/c1-8(2)17-11(14)7-16-12(15)10-6-5-9(3)13(10)4/h5-6,8H,7H2,1-4H3. The highest BCUT2D eigenvalue weighted by Gasteiger charge is 2.15. The van der Waals surface area contributed by atoms with E-state index in [1.165, 1.54) is 0 Å². The summed E-state index contributed by atoms with van der Waals surface area (Å²) in [4.78, 5) is 22.8. The van der Waals surface area contributed by atoms with Crippen LogP contribution in [-0.2, 0) is 21.3 Å². The Hall–Kier alpha value is -1.78. The van der Waals surface area contributed by atoms with Crippen LogP contribution in [0.3, 0.4) is 0 Å². The molecule has 1 heterocycles. The molecule has 0 aliphatic carbocycles. The summed E-state index contributed by atoms with van der Waals surface area (Å²) in [5, 5.41) is 0. The molecule has 94 valence electrons. The Morgan fingerprint density at radius 3 is 2.47 bits per heavy atom. The second-order valence-corrected chi connectivity index (χ2v) is 4.03. The minimum absolute atomic E-state index is 0.210. The van der Waals surface area contributed by atoms with Crippen LogP contribution in [0.1, 0.15) is 30.0 Å². The number of rotatable bonds is 4. The largest absolute Gasteiger partial charge is 0.460 e.